The van der Waals surface area contributed by atoms with E-state index in [9.17, 15) is 22.8 Å². The van der Waals surface area contributed by atoms with Gasteiger partial charge >= 0.3 is 6.18 Å². The fourth-order valence-corrected chi connectivity index (χ4v) is 5.46. The molecule has 1 saturated carbocycles. The number of carbonyl (C=O) groups excluding carboxylic acids is 2. The molecule has 11 heteroatoms. The van der Waals surface area contributed by atoms with Gasteiger partial charge in [-0.1, -0.05) is 36.4 Å². The third-order valence-electron chi connectivity index (χ3n) is 6.72. The summed E-state index contributed by atoms with van der Waals surface area (Å²) in [4.78, 5) is 32.2. The molecule has 39 heavy (non-hydrogen) atoms. The molecule has 0 atom stereocenters. The number of amides is 2. The first-order valence-corrected chi connectivity index (χ1v) is 13.4. The molecule has 1 aliphatic carbocycles. The van der Waals surface area contributed by atoms with E-state index in [0.717, 1.165) is 49.1 Å². The van der Waals surface area contributed by atoms with Gasteiger partial charge in [0.25, 0.3) is 11.1 Å². The molecular formula is C28H26F3N5O2S. The van der Waals surface area contributed by atoms with Crippen molar-refractivity contribution in [3.05, 3.63) is 82.5 Å². The smallest absolute Gasteiger partial charge is 0.351 e. The average Bonchev–Trinajstić information content (AvgIpc) is 3.24. The number of aromatic nitrogens is 2. The maximum absolute atomic E-state index is 13.5. The molecule has 2 amide bonds. The molecule has 1 aliphatic heterocycles. The lowest BCUT2D eigenvalue weighted by atomic mass is 9.91. The van der Waals surface area contributed by atoms with Crippen LogP contribution in [0.1, 0.15) is 42.5 Å². The topological polar surface area (TPSA) is 96.0 Å². The molecule has 202 valence electrons. The number of nitrogens with one attached hydrogen (secondary N) is 3. The highest BCUT2D eigenvalue weighted by molar-refractivity contribution is 8.18. The van der Waals surface area contributed by atoms with E-state index >= 15 is 0 Å². The van der Waals surface area contributed by atoms with Crippen LogP contribution in [-0.4, -0.2) is 33.2 Å². The number of thioether (sulfide) groups is 1. The highest BCUT2D eigenvalue weighted by atomic mass is 32.2. The van der Waals surface area contributed by atoms with Gasteiger partial charge in [0.1, 0.15) is 0 Å². The second-order valence-corrected chi connectivity index (χ2v) is 10.5. The van der Waals surface area contributed by atoms with E-state index in [2.05, 4.69) is 25.9 Å². The maximum atomic E-state index is 13.5. The number of benzene rings is 2. The number of alkyl halides is 3. The quantitative estimate of drug-likeness (QED) is 0.309. The Kier molecular flexibility index (Phi) is 7.99. The van der Waals surface area contributed by atoms with Crippen molar-refractivity contribution in [3.8, 4) is 11.1 Å². The molecule has 5 rings (SSSR count). The van der Waals surface area contributed by atoms with Crippen LogP contribution in [-0.2, 0) is 17.5 Å². The number of anilines is 1. The zero-order valence-electron chi connectivity index (χ0n) is 20.8. The number of hydrogen-bond donors (Lipinski definition) is 3. The second kappa shape index (κ2) is 11.6. The Bertz CT molecular complexity index is 1400. The molecule has 2 aromatic carbocycles. The summed E-state index contributed by atoms with van der Waals surface area (Å²) in [6.07, 6.45) is 2.42. The van der Waals surface area contributed by atoms with Gasteiger partial charge in [-0.3, -0.25) is 14.9 Å². The van der Waals surface area contributed by atoms with Crippen LogP contribution in [0, 0.1) is 0 Å². The SMILES string of the molecule is O=C1NC(=O)/C(=C/c2ccnc(NC3CCC(NCc4cccc(-c5ccccc5C(F)(F)F)c4)CC3)n2)S1. The van der Waals surface area contributed by atoms with Crippen molar-refractivity contribution in [1.29, 1.82) is 0 Å². The minimum atomic E-state index is -4.41. The van der Waals surface area contributed by atoms with Gasteiger partial charge < -0.3 is 10.6 Å². The first-order chi connectivity index (χ1) is 18.7. The Balaban J connectivity index is 1.14. The van der Waals surface area contributed by atoms with Gasteiger partial charge in [-0.15, -0.1) is 0 Å². The van der Waals surface area contributed by atoms with Crippen molar-refractivity contribution in [2.75, 3.05) is 5.32 Å². The number of halogens is 3. The Morgan fingerprint density at radius 1 is 1.00 bits per heavy atom. The number of carbonyl (C=O) groups is 2. The van der Waals surface area contributed by atoms with E-state index in [1.54, 1.807) is 36.5 Å². The normalized spacial score (nSPS) is 20.7. The fourth-order valence-electron chi connectivity index (χ4n) is 4.80. The van der Waals surface area contributed by atoms with Crippen molar-refractivity contribution < 1.29 is 22.8 Å². The summed E-state index contributed by atoms with van der Waals surface area (Å²) >= 11 is 0.843. The lowest BCUT2D eigenvalue weighted by Gasteiger charge is -2.30. The summed E-state index contributed by atoms with van der Waals surface area (Å²) in [5, 5.41) is 8.73. The Labute approximate surface area is 227 Å². The Morgan fingerprint density at radius 3 is 2.51 bits per heavy atom. The van der Waals surface area contributed by atoms with Crippen LogP contribution in [0.5, 0.6) is 0 Å². The molecule has 1 aromatic heterocycles. The van der Waals surface area contributed by atoms with Crippen molar-refractivity contribution in [2.24, 2.45) is 0 Å². The molecule has 2 aliphatic rings. The molecule has 0 bridgehead atoms. The largest absolute Gasteiger partial charge is 0.417 e. The van der Waals surface area contributed by atoms with Crippen LogP contribution in [0.3, 0.4) is 0 Å². The summed E-state index contributed by atoms with van der Waals surface area (Å²) < 4.78 is 40.4. The van der Waals surface area contributed by atoms with Crippen LogP contribution in [0.25, 0.3) is 17.2 Å². The summed E-state index contributed by atoms with van der Waals surface area (Å²) in [5.74, 6) is 0.0354. The van der Waals surface area contributed by atoms with Crippen molar-refractivity contribution in [2.45, 2.75) is 50.5 Å². The third kappa shape index (κ3) is 6.85. The van der Waals surface area contributed by atoms with E-state index in [-0.39, 0.29) is 11.6 Å². The molecule has 0 spiro atoms. The Morgan fingerprint density at radius 2 is 1.77 bits per heavy atom. The van der Waals surface area contributed by atoms with Crippen molar-refractivity contribution in [3.63, 3.8) is 0 Å². The average molecular weight is 554 g/mol. The van der Waals surface area contributed by atoms with Crippen molar-refractivity contribution in [1.82, 2.24) is 20.6 Å². The van der Waals surface area contributed by atoms with Gasteiger partial charge in [0, 0.05) is 24.8 Å². The van der Waals surface area contributed by atoms with E-state index < -0.39 is 22.9 Å². The van der Waals surface area contributed by atoms with E-state index in [1.165, 1.54) is 12.1 Å². The third-order valence-corrected chi connectivity index (χ3v) is 7.53. The highest BCUT2D eigenvalue weighted by Crippen LogP contribution is 2.37. The van der Waals surface area contributed by atoms with Gasteiger partial charge in [0.05, 0.1) is 16.2 Å². The maximum Gasteiger partial charge on any atom is 0.417 e. The predicted molar refractivity (Wildman–Crippen MR) is 145 cm³/mol. The van der Waals surface area contributed by atoms with Crippen LogP contribution in [0.2, 0.25) is 0 Å². The van der Waals surface area contributed by atoms with E-state index in [0.29, 0.717) is 34.7 Å². The molecule has 7 nitrogen and oxygen atoms in total. The molecular weight excluding hydrogens is 527 g/mol. The standard InChI is InChI=1S/C28H26F3N5O2S/c29-28(30,31)23-7-2-1-6-22(23)18-5-3-4-17(14-18)16-33-19-8-10-20(11-9-19)34-26-32-13-12-21(35-26)15-24-25(37)36-27(38)39-24/h1-7,12-15,19-20,33H,8-11,16H2,(H,32,34,35)(H,36,37,38)/b24-15-. The zero-order valence-corrected chi connectivity index (χ0v) is 21.6. The van der Waals surface area contributed by atoms with Crippen molar-refractivity contribution >= 4 is 34.9 Å². The monoisotopic (exact) mass is 553 g/mol. The van der Waals surface area contributed by atoms with Gasteiger partial charge in [-0.05, 0) is 78.4 Å². The van der Waals surface area contributed by atoms with Gasteiger partial charge in [-0.25, -0.2) is 9.97 Å². The van der Waals surface area contributed by atoms with Crippen LogP contribution >= 0.6 is 11.8 Å². The summed E-state index contributed by atoms with van der Waals surface area (Å²) in [5.41, 5.74) is 1.56. The molecule has 2 fully saturated rings. The minimum absolute atomic E-state index is 0.180. The van der Waals surface area contributed by atoms with Gasteiger partial charge in [-0.2, -0.15) is 13.2 Å². The zero-order chi connectivity index (χ0) is 27.4. The van der Waals surface area contributed by atoms with E-state index in [4.69, 9.17) is 0 Å². The molecule has 3 N–H and O–H groups in total. The Hall–Kier alpha value is -3.70. The number of imide groups is 1. The molecule has 0 radical (unpaired) electrons. The van der Waals surface area contributed by atoms with Crippen LogP contribution in [0.4, 0.5) is 23.9 Å². The molecule has 0 unspecified atom stereocenters. The first-order valence-electron chi connectivity index (χ1n) is 12.6. The number of nitrogens with zero attached hydrogens (tertiary/aromatic N) is 2. The highest BCUT2D eigenvalue weighted by Gasteiger charge is 2.33. The van der Waals surface area contributed by atoms with Crippen LogP contribution < -0.4 is 16.0 Å². The number of hydrogen-bond acceptors (Lipinski definition) is 7. The fraction of sp³-hybridized carbons (Fsp3) is 0.286. The molecule has 3 aromatic rings. The molecule has 2 heterocycles. The predicted octanol–water partition coefficient (Wildman–Crippen LogP) is 6.00. The summed E-state index contributed by atoms with van der Waals surface area (Å²) in [7, 11) is 0. The summed E-state index contributed by atoms with van der Waals surface area (Å²) in [6.45, 7) is 0.568. The first kappa shape index (κ1) is 26.9. The lowest BCUT2D eigenvalue weighted by molar-refractivity contribution is -0.137. The summed E-state index contributed by atoms with van der Waals surface area (Å²) in [6, 6.07) is 15.0. The molecule has 1 saturated heterocycles. The van der Waals surface area contributed by atoms with E-state index in [1.807, 2.05) is 12.1 Å². The second-order valence-electron chi connectivity index (χ2n) is 9.47. The van der Waals surface area contributed by atoms with Crippen LogP contribution in [0.15, 0.2) is 65.7 Å². The van der Waals surface area contributed by atoms with Gasteiger partial charge in [0.2, 0.25) is 5.95 Å². The lowest BCUT2D eigenvalue weighted by Crippen LogP contribution is -2.36. The number of rotatable bonds is 7. The minimum Gasteiger partial charge on any atom is -0.351 e. The van der Waals surface area contributed by atoms with Gasteiger partial charge in [0.15, 0.2) is 0 Å².